The molecule has 1 aromatic carbocycles. The molecule has 7 nitrogen and oxygen atoms in total. The molecule has 10 heteroatoms. The molecular formula is C20H28F3N5O2. The molecule has 0 aliphatic rings. The summed E-state index contributed by atoms with van der Waals surface area (Å²) >= 11 is 0. The van der Waals surface area contributed by atoms with Crippen molar-refractivity contribution < 1.29 is 23.0 Å². The second-order valence-corrected chi connectivity index (χ2v) is 6.67. The van der Waals surface area contributed by atoms with E-state index in [9.17, 15) is 18.3 Å². The number of halogens is 3. The van der Waals surface area contributed by atoms with Crippen LogP contribution in [0, 0.1) is 0 Å². The molecule has 0 saturated heterocycles. The quantitative estimate of drug-likeness (QED) is 0.308. The van der Waals surface area contributed by atoms with E-state index in [1.54, 1.807) is 0 Å². The van der Waals surface area contributed by atoms with Gasteiger partial charge in [0.15, 0.2) is 5.96 Å². The minimum atomic E-state index is -4.86. The average Bonchev–Trinajstić information content (AvgIpc) is 3.14. The van der Waals surface area contributed by atoms with E-state index in [-0.39, 0.29) is 6.54 Å². The van der Waals surface area contributed by atoms with Crippen molar-refractivity contribution in [3.05, 3.63) is 48.5 Å². The Morgan fingerprint density at radius 3 is 2.57 bits per heavy atom. The number of ether oxygens (including phenoxy) is 1. The van der Waals surface area contributed by atoms with Crippen molar-refractivity contribution >= 4 is 5.96 Å². The molecule has 1 aromatic heterocycles. The number of imidazole rings is 1. The Kier molecular flexibility index (Phi) is 8.52. The first-order valence-electron chi connectivity index (χ1n) is 9.75. The summed E-state index contributed by atoms with van der Waals surface area (Å²) < 4.78 is 47.4. The lowest BCUT2D eigenvalue weighted by Crippen LogP contribution is -2.48. The van der Waals surface area contributed by atoms with Crippen LogP contribution in [0.25, 0.3) is 0 Å². The number of guanidine groups is 1. The molecule has 2 rings (SSSR count). The first-order valence-corrected chi connectivity index (χ1v) is 9.75. The Labute approximate surface area is 174 Å². The highest BCUT2D eigenvalue weighted by molar-refractivity contribution is 5.79. The van der Waals surface area contributed by atoms with Gasteiger partial charge in [0, 0.05) is 51.9 Å². The number of benzene rings is 1. The number of nitrogens with one attached hydrogen (secondary N) is 2. The van der Waals surface area contributed by atoms with Gasteiger partial charge in [-0.05, 0) is 19.1 Å². The van der Waals surface area contributed by atoms with Gasteiger partial charge in [0.05, 0.1) is 6.61 Å². The summed E-state index contributed by atoms with van der Waals surface area (Å²) in [6, 6.07) is 9.39. The standard InChI is InChI=1S/C20H28F3N5O2/c1-3-24-18(26-11-7-15-30-16-8-5-4-6-9-16)27-12-10-19(29,20(21,22)23)17-25-13-14-28(17)2/h4-6,8-9,13-14,29H,3,7,10-12,15H2,1-2H3,(H2,24,26,27). The summed E-state index contributed by atoms with van der Waals surface area (Å²) in [5.41, 5.74) is -3.06. The zero-order valence-corrected chi connectivity index (χ0v) is 17.1. The van der Waals surface area contributed by atoms with E-state index < -0.39 is 24.0 Å². The van der Waals surface area contributed by atoms with Gasteiger partial charge in [0.25, 0.3) is 0 Å². The predicted molar refractivity (Wildman–Crippen MR) is 108 cm³/mol. The maximum atomic E-state index is 13.6. The molecule has 1 unspecified atom stereocenters. The number of aliphatic hydroxyl groups is 1. The summed E-state index contributed by atoms with van der Waals surface area (Å²) in [6.07, 6.45) is -2.24. The van der Waals surface area contributed by atoms with Crippen LogP contribution in [0.5, 0.6) is 5.75 Å². The van der Waals surface area contributed by atoms with Crippen molar-refractivity contribution in [3.63, 3.8) is 0 Å². The van der Waals surface area contributed by atoms with Crippen molar-refractivity contribution in [2.45, 2.75) is 31.5 Å². The fourth-order valence-electron chi connectivity index (χ4n) is 2.81. The normalized spacial score (nSPS) is 14.3. The largest absolute Gasteiger partial charge is 0.494 e. The fourth-order valence-corrected chi connectivity index (χ4v) is 2.81. The number of para-hydroxylation sites is 1. The van der Waals surface area contributed by atoms with Crippen LogP contribution >= 0.6 is 0 Å². The van der Waals surface area contributed by atoms with Crippen molar-refractivity contribution in [2.24, 2.45) is 12.0 Å². The third-order valence-corrected chi connectivity index (χ3v) is 4.37. The number of aromatic nitrogens is 2. The minimum Gasteiger partial charge on any atom is -0.494 e. The molecular weight excluding hydrogens is 399 g/mol. The summed E-state index contributed by atoms with van der Waals surface area (Å²) in [4.78, 5) is 8.03. The van der Waals surface area contributed by atoms with Gasteiger partial charge < -0.3 is 25.0 Å². The smallest absolute Gasteiger partial charge is 0.424 e. The summed E-state index contributed by atoms with van der Waals surface area (Å²) in [5, 5.41) is 16.2. The highest BCUT2D eigenvalue weighted by atomic mass is 19.4. The van der Waals surface area contributed by atoms with Gasteiger partial charge in [0.2, 0.25) is 5.60 Å². The molecule has 0 bridgehead atoms. The van der Waals surface area contributed by atoms with Crippen LogP contribution in [0.4, 0.5) is 13.2 Å². The monoisotopic (exact) mass is 427 g/mol. The minimum absolute atomic E-state index is 0.144. The van der Waals surface area contributed by atoms with Crippen molar-refractivity contribution in [1.82, 2.24) is 20.2 Å². The van der Waals surface area contributed by atoms with Crippen molar-refractivity contribution in [3.8, 4) is 5.75 Å². The van der Waals surface area contributed by atoms with E-state index in [0.29, 0.717) is 32.1 Å². The van der Waals surface area contributed by atoms with Gasteiger partial charge in [-0.1, -0.05) is 18.2 Å². The number of nitrogens with zero attached hydrogens (tertiary/aromatic N) is 3. The molecule has 0 aliphatic heterocycles. The summed E-state index contributed by atoms with van der Waals surface area (Å²) in [5.74, 6) is 0.700. The van der Waals surface area contributed by atoms with E-state index >= 15 is 0 Å². The SMILES string of the molecule is CCNC(=NCCCOc1ccccc1)NCCC(O)(c1nccn1C)C(F)(F)F. The third-order valence-electron chi connectivity index (χ3n) is 4.37. The van der Waals surface area contributed by atoms with Crippen LogP contribution in [0.1, 0.15) is 25.6 Å². The molecule has 0 saturated carbocycles. The lowest BCUT2D eigenvalue weighted by atomic mass is 9.97. The highest BCUT2D eigenvalue weighted by Gasteiger charge is 2.57. The number of hydrogen-bond donors (Lipinski definition) is 3. The molecule has 0 radical (unpaired) electrons. The van der Waals surface area contributed by atoms with Gasteiger partial charge in [-0.2, -0.15) is 13.2 Å². The predicted octanol–water partition coefficient (Wildman–Crippen LogP) is 2.58. The number of aryl methyl sites for hydroxylation is 1. The molecule has 30 heavy (non-hydrogen) atoms. The lowest BCUT2D eigenvalue weighted by molar-refractivity contribution is -0.272. The average molecular weight is 427 g/mol. The Balaban J connectivity index is 1.88. The van der Waals surface area contributed by atoms with Crippen molar-refractivity contribution in [1.29, 1.82) is 0 Å². The third kappa shape index (κ3) is 6.38. The Hall–Kier alpha value is -2.75. The number of rotatable bonds is 10. The molecule has 0 fully saturated rings. The molecule has 166 valence electrons. The molecule has 1 atom stereocenters. The first-order chi connectivity index (χ1) is 14.3. The maximum absolute atomic E-state index is 13.6. The van der Waals surface area contributed by atoms with Gasteiger partial charge >= 0.3 is 6.18 Å². The van der Waals surface area contributed by atoms with Crippen LogP contribution in [-0.2, 0) is 12.6 Å². The van der Waals surface area contributed by atoms with Gasteiger partial charge in [0.1, 0.15) is 11.6 Å². The van der Waals surface area contributed by atoms with E-state index in [1.165, 1.54) is 24.0 Å². The molecule has 3 N–H and O–H groups in total. The van der Waals surface area contributed by atoms with Crippen LogP contribution in [0.2, 0.25) is 0 Å². The van der Waals surface area contributed by atoms with Gasteiger partial charge in [-0.3, -0.25) is 4.99 Å². The maximum Gasteiger partial charge on any atom is 0.424 e. The Morgan fingerprint density at radius 1 is 1.23 bits per heavy atom. The van der Waals surface area contributed by atoms with E-state index in [4.69, 9.17) is 4.74 Å². The second-order valence-electron chi connectivity index (χ2n) is 6.67. The van der Waals surface area contributed by atoms with Gasteiger partial charge in [-0.15, -0.1) is 0 Å². The van der Waals surface area contributed by atoms with Crippen LogP contribution in [-0.4, -0.2) is 53.0 Å². The number of alkyl halides is 3. The molecule has 1 heterocycles. The van der Waals surface area contributed by atoms with E-state index in [2.05, 4.69) is 20.6 Å². The molecule has 2 aromatic rings. The molecule has 0 amide bonds. The van der Waals surface area contributed by atoms with E-state index in [1.807, 2.05) is 37.3 Å². The second kappa shape index (κ2) is 10.9. The first kappa shape index (κ1) is 23.5. The molecule has 0 aliphatic carbocycles. The zero-order chi connectivity index (χ0) is 22.0. The summed E-state index contributed by atoms with van der Waals surface area (Å²) in [6.45, 7) is 3.17. The van der Waals surface area contributed by atoms with Crippen molar-refractivity contribution in [2.75, 3.05) is 26.2 Å². The molecule has 0 spiro atoms. The van der Waals surface area contributed by atoms with E-state index in [0.717, 1.165) is 5.75 Å². The van der Waals surface area contributed by atoms with Crippen LogP contribution in [0.3, 0.4) is 0 Å². The summed E-state index contributed by atoms with van der Waals surface area (Å²) in [7, 11) is 1.41. The lowest BCUT2D eigenvalue weighted by Gasteiger charge is -2.30. The number of aliphatic imine (C=N–C) groups is 1. The van der Waals surface area contributed by atoms with Crippen LogP contribution in [0.15, 0.2) is 47.7 Å². The Morgan fingerprint density at radius 2 is 1.97 bits per heavy atom. The topological polar surface area (TPSA) is 83.7 Å². The van der Waals surface area contributed by atoms with Crippen LogP contribution < -0.4 is 15.4 Å². The Bertz CT molecular complexity index is 795. The zero-order valence-electron chi connectivity index (χ0n) is 17.1. The highest BCUT2D eigenvalue weighted by Crippen LogP contribution is 2.40. The fraction of sp³-hybridized carbons (Fsp3) is 0.500. The number of hydrogen-bond acceptors (Lipinski definition) is 4. The van der Waals surface area contributed by atoms with Gasteiger partial charge in [-0.25, -0.2) is 4.98 Å².